The quantitative estimate of drug-likeness (QED) is 0.323. The average Bonchev–Trinajstić information content (AvgIpc) is 3.01. The summed E-state index contributed by atoms with van der Waals surface area (Å²) < 4.78 is 15.6. The minimum atomic E-state index is 0.694. The number of allylic oxidation sites excluding steroid dienone is 1. The Morgan fingerprint density at radius 3 is 2.83 bits per heavy atom. The Kier molecular flexibility index (Phi) is 8.35. The van der Waals surface area contributed by atoms with Crippen molar-refractivity contribution in [3.63, 3.8) is 0 Å². The highest BCUT2D eigenvalue weighted by molar-refractivity contribution is 7.98. The van der Waals surface area contributed by atoms with Gasteiger partial charge < -0.3 is 14.0 Å². The second-order valence-electron chi connectivity index (χ2n) is 7.08. The number of hydrogen-bond acceptors (Lipinski definition) is 6. The standard InChI is InChI=1S/C21H30N4O2S2/c1-4-8-24-20(22-25(21(24)28)16-23-9-11-27-12-10-23)7-13-29-15-18-5-6-19(26-3)17(2)14-18/h4-6,14H,1,7-13,15-16H2,2-3H3. The molecule has 0 spiro atoms. The monoisotopic (exact) mass is 434 g/mol. The summed E-state index contributed by atoms with van der Waals surface area (Å²) in [6.07, 6.45) is 2.76. The maximum Gasteiger partial charge on any atom is 0.199 e. The number of ether oxygens (including phenoxy) is 2. The van der Waals surface area contributed by atoms with E-state index in [0.717, 1.165) is 67.2 Å². The Morgan fingerprint density at radius 1 is 1.34 bits per heavy atom. The predicted octanol–water partition coefficient (Wildman–Crippen LogP) is 3.68. The Labute approximate surface area is 182 Å². The highest BCUT2D eigenvalue weighted by Gasteiger charge is 2.15. The summed E-state index contributed by atoms with van der Waals surface area (Å²) in [6, 6.07) is 6.37. The van der Waals surface area contributed by atoms with E-state index in [9.17, 15) is 0 Å². The molecule has 1 aliphatic heterocycles. The molecule has 0 saturated carbocycles. The van der Waals surface area contributed by atoms with E-state index >= 15 is 0 Å². The molecule has 0 unspecified atom stereocenters. The van der Waals surface area contributed by atoms with Gasteiger partial charge in [0.15, 0.2) is 4.77 Å². The van der Waals surface area contributed by atoms with Gasteiger partial charge >= 0.3 is 0 Å². The number of nitrogens with zero attached hydrogens (tertiary/aromatic N) is 4. The Bertz CT molecular complexity index is 872. The summed E-state index contributed by atoms with van der Waals surface area (Å²) in [5, 5.41) is 4.82. The summed E-state index contributed by atoms with van der Waals surface area (Å²) in [7, 11) is 1.71. The van der Waals surface area contributed by atoms with Crippen LogP contribution in [0.3, 0.4) is 0 Å². The second kappa shape index (κ2) is 11.0. The van der Waals surface area contributed by atoms with Crippen molar-refractivity contribution in [3.05, 3.63) is 52.6 Å². The molecule has 1 saturated heterocycles. The van der Waals surface area contributed by atoms with Gasteiger partial charge in [0, 0.05) is 37.6 Å². The first-order valence-electron chi connectivity index (χ1n) is 9.91. The van der Waals surface area contributed by atoms with Crippen LogP contribution >= 0.6 is 24.0 Å². The zero-order valence-electron chi connectivity index (χ0n) is 17.3. The van der Waals surface area contributed by atoms with E-state index < -0.39 is 0 Å². The molecule has 1 aromatic carbocycles. The lowest BCUT2D eigenvalue weighted by Crippen LogP contribution is -2.37. The van der Waals surface area contributed by atoms with E-state index in [-0.39, 0.29) is 0 Å². The van der Waals surface area contributed by atoms with Crippen LogP contribution in [0.4, 0.5) is 0 Å². The predicted molar refractivity (Wildman–Crippen MR) is 121 cm³/mol. The lowest BCUT2D eigenvalue weighted by Gasteiger charge is -2.26. The minimum Gasteiger partial charge on any atom is -0.496 e. The van der Waals surface area contributed by atoms with Crippen molar-refractivity contribution in [2.24, 2.45) is 0 Å². The van der Waals surface area contributed by atoms with Crippen molar-refractivity contribution in [3.8, 4) is 5.75 Å². The number of morpholine rings is 1. The molecule has 158 valence electrons. The van der Waals surface area contributed by atoms with Crippen molar-refractivity contribution < 1.29 is 9.47 Å². The third-order valence-electron chi connectivity index (χ3n) is 4.95. The van der Waals surface area contributed by atoms with Gasteiger partial charge in [0.05, 0.1) is 27.0 Å². The summed E-state index contributed by atoms with van der Waals surface area (Å²) in [5.41, 5.74) is 2.49. The van der Waals surface area contributed by atoms with Crippen molar-refractivity contribution in [1.82, 2.24) is 19.2 Å². The van der Waals surface area contributed by atoms with Gasteiger partial charge in [-0.2, -0.15) is 16.9 Å². The molecule has 2 aromatic rings. The van der Waals surface area contributed by atoms with Crippen molar-refractivity contribution >= 4 is 24.0 Å². The lowest BCUT2D eigenvalue weighted by molar-refractivity contribution is 0.0209. The van der Waals surface area contributed by atoms with Crippen LogP contribution in [-0.2, 0) is 30.1 Å². The highest BCUT2D eigenvalue weighted by atomic mass is 32.2. The van der Waals surface area contributed by atoms with Gasteiger partial charge in [-0.15, -0.1) is 6.58 Å². The molecular weight excluding hydrogens is 404 g/mol. The van der Waals surface area contributed by atoms with E-state index in [1.807, 2.05) is 28.6 Å². The summed E-state index contributed by atoms with van der Waals surface area (Å²) in [4.78, 5) is 2.33. The Balaban J connectivity index is 1.59. The lowest BCUT2D eigenvalue weighted by atomic mass is 10.1. The van der Waals surface area contributed by atoms with Crippen LogP contribution in [0.2, 0.25) is 0 Å². The molecule has 0 amide bonds. The molecule has 0 radical (unpaired) electrons. The van der Waals surface area contributed by atoms with Gasteiger partial charge in [0.2, 0.25) is 0 Å². The van der Waals surface area contributed by atoms with E-state index in [1.54, 1.807) is 7.11 Å². The first kappa shape index (κ1) is 22.1. The number of aryl methyl sites for hydroxylation is 2. The average molecular weight is 435 g/mol. The maximum absolute atomic E-state index is 5.68. The molecule has 0 aliphatic carbocycles. The number of thioether (sulfide) groups is 1. The van der Waals surface area contributed by atoms with E-state index in [4.69, 9.17) is 26.8 Å². The number of methoxy groups -OCH3 is 1. The molecule has 8 heteroatoms. The minimum absolute atomic E-state index is 0.694. The zero-order valence-corrected chi connectivity index (χ0v) is 18.9. The largest absolute Gasteiger partial charge is 0.496 e. The van der Waals surface area contributed by atoms with Crippen LogP contribution in [0.1, 0.15) is 17.0 Å². The Hall–Kier alpha value is -1.61. The molecule has 29 heavy (non-hydrogen) atoms. The fraction of sp³-hybridized carbons (Fsp3) is 0.524. The van der Waals surface area contributed by atoms with Gasteiger partial charge in [-0.1, -0.05) is 18.2 Å². The second-order valence-corrected chi connectivity index (χ2v) is 8.55. The maximum atomic E-state index is 5.68. The molecule has 0 bridgehead atoms. The SMILES string of the molecule is C=CCn1c(CCSCc2ccc(OC)c(C)c2)nn(CN2CCOCC2)c1=S. The third kappa shape index (κ3) is 5.94. The summed E-state index contributed by atoms with van der Waals surface area (Å²) in [6.45, 7) is 10.8. The smallest absolute Gasteiger partial charge is 0.199 e. The zero-order chi connectivity index (χ0) is 20.6. The van der Waals surface area contributed by atoms with Crippen LogP contribution in [0.5, 0.6) is 5.75 Å². The molecule has 6 nitrogen and oxygen atoms in total. The van der Waals surface area contributed by atoms with Gasteiger partial charge in [0.25, 0.3) is 0 Å². The molecule has 0 atom stereocenters. The van der Waals surface area contributed by atoms with Crippen molar-refractivity contribution in [2.45, 2.75) is 32.3 Å². The van der Waals surface area contributed by atoms with Gasteiger partial charge in [0.1, 0.15) is 11.6 Å². The summed E-state index contributed by atoms with van der Waals surface area (Å²) >= 11 is 7.59. The fourth-order valence-electron chi connectivity index (χ4n) is 3.39. The Morgan fingerprint density at radius 2 is 2.14 bits per heavy atom. The van der Waals surface area contributed by atoms with Gasteiger partial charge in [-0.05, 0) is 36.3 Å². The summed E-state index contributed by atoms with van der Waals surface area (Å²) in [5.74, 6) is 3.93. The van der Waals surface area contributed by atoms with E-state index in [2.05, 4.69) is 35.1 Å². The highest BCUT2D eigenvalue weighted by Crippen LogP contribution is 2.22. The van der Waals surface area contributed by atoms with Crippen molar-refractivity contribution in [2.75, 3.05) is 39.2 Å². The van der Waals surface area contributed by atoms with Crippen LogP contribution in [-0.4, -0.2) is 58.4 Å². The fourth-order valence-corrected chi connectivity index (χ4v) is 4.56. The van der Waals surface area contributed by atoms with Crippen LogP contribution in [0.25, 0.3) is 0 Å². The van der Waals surface area contributed by atoms with Crippen LogP contribution < -0.4 is 4.74 Å². The number of aromatic nitrogens is 3. The number of hydrogen-bond donors (Lipinski definition) is 0. The molecular formula is C21H30N4O2S2. The normalized spacial score (nSPS) is 14.8. The number of rotatable bonds is 10. The topological polar surface area (TPSA) is 44.5 Å². The first-order valence-corrected chi connectivity index (χ1v) is 11.5. The molecule has 1 aromatic heterocycles. The molecule has 1 aliphatic rings. The van der Waals surface area contributed by atoms with Crippen LogP contribution in [0.15, 0.2) is 30.9 Å². The van der Waals surface area contributed by atoms with Gasteiger partial charge in [-0.25, -0.2) is 4.68 Å². The molecule has 2 heterocycles. The molecule has 1 fully saturated rings. The van der Waals surface area contributed by atoms with E-state index in [1.165, 1.54) is 11.1 Å². The van der Waals surface area contributed by atoms with Crippen molar-refractivity contribution in [1.29, 1.82) is 0 Å². The third-order valence-corrected chi connectivity index (χ3v) is 6.41. The first-order chi connectivity index (χ1) is 14.1. The molecule has 0 N–H and O–H groups in total. The van der Waals surface area contributed by atoms with Crippen LogP contribution in [0, 0.1) is 11.7 Å². The number of benzene rings is 1. The molecule has 3 rings (SSSR count). The van der Waals surface area contributed by atoms with E-state index in [0.29, 0.717) is 6.54 Å². The van der Waals surface area contributed by atoms with Gasteiger partial charge in [-0.3, -0.25) is 4.90 Å².